The number of likely N-dealkylation sites (tertiary alicyclic amines) is 1. The van der Waals surface area contributed by atoms with Crippen molar-refractivity contribution in [3.05, 3.63) is 71.8 Å². The topological polar surface area (TPSA) is 29.5 Å². The number of rotatable bonds is 4. The Morgan fingerprint density at radius 2 is 1.56 bits per heavy atom. The van der Waals surface area contributed by atoms with Crippen LogP contribution in [0, 0.1) is 5.92 Å². The van der Waals surface area contributed by atoms with E-state index in [-0.39, 0.29) is 12.1 Å². The van der Waals surface area contributed by atoms with Gasteiger partial charge in [-0.1, -0.05) is 60.7 Å². The second-order valence-electron chi connectivity index (χ2n) is 7.57. The first-order valence-corrected chi connectivity index (χ1v) is 9.13. The van der Waals surface area contributed by atoms with Crippen LogP contribution in [0.5, 0.6) is 0 Å². The average Bonchev–Trinajstić information content (AvgIpc) is 3.17. The van der Waals surface area contributed by atoms with Crippen LogP contribution in [0.3, 0.4) is 0 Å². The molecule has 0 amide bonds. The van der Waals surface area contributed by atoms with Crippen LogP contribution in [0.4, 0.5) is 0 Å². The summed E-state index contributed by atoms with van der Waals surface area (Å²) in [6, 6.07) is 20.3. The van der Waals surface area contributed by atoms with Gasteiger partial charge < -0.3 is 4.74 Å². The van der Waals surface area contributed by atoms with Crippen LogP contribution in [0.25, 0.3) is 0 Å². The summed E-state index contributed by atoms with van der Waals surface area (Å²) in [4.78, 5) is 15.7. The van der Waals surface area contributed by atoms with E-state index in [9.17, 15) is 4.79 Å². The van der Waals surface area contributed by atoms with E-state index >= 15 is 0 Å². The third kappa shape index (κ3) is 2.67. The number of esters is 1. The van der Waals surface area contributed by atoms with Crippen molar-refractivity contribution in [1.29, 1.82) is 0 Å². The molecule has 2 bridgehead atoms. The minimum atomic E-state index is -0.789. The Bertz CT molecular complexity index is 704. The molecule has 3 heteroatoms. The Morgan fingerprint density at radius 1 is 1.00 bits per heavy atom. The third-order valence-electron chi connectivity index (χ3n) is 6.12. The second-order valence-corrected chi connectivity index (χ2v) is 7.57. The van der Waals surface area contributed by atoms with Crippen LogP contribution in [-0.2, 0) is 14.9 Å². The molecule has 25 heavy (non-hydrogen) atoms. The summed E-state index contributed by atoms with van der Waals surface area (Å²) in [5, 5.41) is 0. The van der Waals surface area contributed by atoms with Crippen LogP contribution >= 0.6 is 0 Å². The fourth-order valence-corrected chi connectivity index (χ4v) is 4.56. The van der Waals surface area contributed by atoms with E-state index in [4.69, 9.17) is 4.74 Å². The molecule has 3 nitrogen and oxygen atoms in total. The molecule has 1 saturated heterocycles. The van der Waals surface area contributed by atoms with Crippen LogP contribution in [-0.4, -0.2) is 36.6 Å². The zero-order chi connectivity index (χ0) is 17.4. The maximum absolute atomic E-state index is 13.4. The number of benzene rings is 2. The van der Waals surface area contributed by atoms with Gasteiger partial charge in [-0.25, -0.2) is 0 Å². The van der Waals surface area contributed by atoms with Gasteiger partial charge in [-0.05, 0) is 37.9 Å². The molecule has 2 aromatic rings. The van der Waals surface area contributed by atoms with Crippen LogP contribution < -0.4 is 0 Å². The first kappa shape index (κ1) is 16.3. The lowest BCUT2D eigenvalue weighted by molar-refractivity contribution is -0.155. The predicted octanol–water partition coefficient (Wildman–Crippen LogP) is 3.63. The lowest BCUT2D eigenvalue weighted by atomic mass is 9.76. The molecule has 0 N–H and O–H groups in total. The van der Waals surface area contributed by atoms with E-state index < -0.39 is 5.41 Å². The van der Waals surface area contributed by atoms with Crippen molar-refractivity contribution >= 4 is 5.97 Å². The van der Waals surface area contributed by atoms with Gasteiger partial charge in [0.1, 0.15) is 11.5 Å². The first-order chi connectivity index (χ1) is 12.1. The number of hydrogen-bond donors (Lipinski definition) is 0. The lowest BCUT2D eigenvalue weighted by Crippen LogP contribution is -2.41. The minimum absolute atomic E-state index is 0.0317. The highest BCUT2D eigenvalue weighted by atomic mass is 16.5. The van der Waals surface area contributed by atoms with Crippen molar-refractivity contribution in [1.82, 2.24) is 4.90 Å². The molecule has 1 saturated carbocycles. The highest BCUT2D eigenvalue weighted by Crippen LogP contribution is 2.41. The van der Waals surface area contributed by atoms with Crippen LogP contribution in [0.15, 0.2) is 60.7 Å². The van der Waals surface area contributed by atoms with Gasteiger partial charge in [0.2, 0.25) is 0 Å². The zero-order valence-corrected chi connectivity index (χ0v) is 14.9. The van der Waals surface area contributed by atoms with Gasteiger partial charge in [0, 0.05) is 18.5 Å². The molecule has 0 aromatic heterocycles. The molecule has 1 aliphatic heterocycles. The second kappa shape index (κ2) is 6.30. The molecule has 2 aliphatic rings. The number of fused-ring (bicyclic) bond motifs is 2. The van der Waals surface area contributed by atoms with Gasteiger partial charge in [-0.3, -0.25) is 9.69 Å². The van der Waals surface area contributed by atoms with E-state index in [1.165, 1.54) is 6.42 Å². The quantitative estimate of drug-likeness (QED) is 0.799. The van der Waals surface area contributed by atoms with Gasteiger partial charge in [0.25, 0.3) is 0 Å². The number of piperidine rings is 1. The summed E-state index contributed by atoms with van der Waals surface area (Å²) >= 11 is 0. The van der Waals surface area contributed by atoms with E-state index in [0.717, 1.165) is 24.1 Å². The maximum atomic E-state index is 13.4. The van der Waals surface area contributed by atoms with Crippen molar-refractivity contribution in [2.24, 2.45) is 5.92 Å². The van der Waals surface area contributed by atoms with E-state index in [1.807, 2.05) is 67.6 Å². The average molecular weight is 335 g/mol. The van der Waals surface area contributed by atoms with Gasteiger partial charge in [0.05, 0.1) is 0 Å². The Kier molecular flexibility index (Phi) is 4.12. The summed E-state index contributed by atoms with van der Waals surface area (Å²) < 4.78 is 6.16. The van der Waals surface area contributed by atoms with Crippen molar-refractivity contribution in [3.63, 3.8) is 0 Å². The standard InChI is InChI=1S/C22H25NO2/c1-22(17-9-5-3-6-10-17,18-11-7-4-8-12-18)21(24)25-20-16-13-14-19(20)23(2)15-16/h3-12,16,19-20H,13-15H2,1-2H3. The Labute approximate surface area is 149 Å². The summed E-state index contributed by atoms with van der Waals surface area (Å²) in [5.41, 5.74) is 1.16. The van der Waals surface area contributed by atoms with Crippen molar-refractivity contribution in [3.8, 4) is 0 Å². The van der Waals surface area contributed by atoms with Gasteiger partial charge >= 0.3 is 5.97 Å². The summed E-state index contributed by atoms with van der Waals surface area (Å²) in [7, 11) is 2.14. The molecule has 1 aliphatic carbocycles. The minimum Gasteiger partial charge on any atom is -0.459 e. The molecular formula is C22H25NO2. The lowest BCUT2D eigenvalue weighted by Gasteiger charge is -2.31. The summed E-state index contributed by atoms with van der Waals surface area (Å²) in [6.45, 7) is 3.02. The van der Waals surface area contributed by atoms with E-state index in [1.54, 1.807) is 0 Å². The molecule has 3 unspecified atom stereocenters. The maximum Gasteiger partial charge on any atom is 0.321 e. The van der Waals surface area contributed by atoms with Crippen molar-refractivity contribution < 1.29 is 9.53 Å². The Balaban J connectivity index is 1.68. The Hall–Kier alpha value is -2.13. The fourth-order valence-electron chi connectivity index (χ4n) is 4.56. The largest absolute Gasteiger partial charge is 0.459 e. The number of hydrogen-bond acceptors (Lipinski definition) is 3. The summed E-state index contributed by atoms with van der Waals surface area (Å²) in [6.07, 6.45) is 2.33. The third-order valence-corrected chi connectivity index (χ3v) is 6.12. The number of ether oxygens (including phenoxy) is 1. The molecule has 2 aromatic carbocycles. The van der Waals surface area contributed by atoms with Crippen LogP contribution in [0.1, 0.15) is 30.9 Å². The first-order valence-electron chi connectivity index (χ1n) is 9.13. The zero-order valence-electron chi connectivity index (χ0n) is 14.9. The molecule has 0 spiro atoms. The molecule has 130 valence electrons. The van der Waals surface area contributed by atoms with Crippen molar-refractivity contribution in [2.45, 2.75) is 37.3 Å². The predicted molar refractivity (Wildman–Crippen MR) is 98.4 cm³/mol. The number of carbonyl (C=O) groups excluding carboxylic acids is 1. The molecule has 2 fully saturated rings. The van der Waals surface area contributed by atoms with Crippen molar-refractivity contribution in [2.75, 3.05) is 13.6 Å². The van der Waals surface area contributed by atoms with E-state index in [0.29, 0.717) is 12.0 Å². The van der Waals surface area contributed by atoms with E-state index in [2.05, 4.69) is 11.9 Å². The van der Waals surface area contributed by atoms with Gasteiger partial charge in [0.15, 0.2) is 0 Å². The number of carbonyl (C=O) groups is 1. The van der Waals surface area contributed by atoms with Gasteiger partial charge in [-0.2, -0.15) is 0 Å². The van der Waals surface area contributed by atoms with Crippen LogP contribution in [0.2, 0.25) is 0 Å². The molecule has 4 rings (SSSR count). The Morgan fingerprint density at radius 3 is 2.00 bits per heavy atom. The number of nitrogens with zero attached hydrogens (tertiary/aromatic N) is 1. The SMILES string of the molecule is CN1CC2CCC1C2OC(=O)C(C)(c1ccccc1)c1ccccc1. The van der Waals surface area contributed by atoms with Gasteiger partial charge in [-0.15, -0.1) is 0 Å². The highest BCUT2D eigenvalue weighted by Gasteiger charge is 2.50. The smallest absolute Gasteiger partial charge is 0.321 e. The molecule has 1 heterocycles. The highest BCUT2D eigenvalue weighted by molar-refractivity contribution is 5.87. The molecular weight excluding hydrogens is 310 g/mol. The summed E-state index contributed by atoms with van der Waals surface area (Å²) in [5.74, 6) is 0.344. The molecule has 3 atom stereocenters. The monoisotopic (exact) mass is 335 g/mol. The number of likely N-dealkylation sites (N-methyl/N-ethyl adjacent to an activating group) is 1. The molecule has 0 radical (unpaired) electrons. The normalized spacial score (nSPS) is 25.9. The fraction of sp³-hybridized carbons (Fsp3) is 0.409.